The highest BCUT2D eigenvalue weighted by Crippen LogP contribution is 2.39. The van der Waals surface area contributed by atoms with Crippen LogP contribution in [0.3, 0.4) is 0 Å². The molecule has 0 aliphatic rings. The molecule has 1 aromatic rings. The van der Waals surface area contributed by atoms with Gasteiger partial charge in [0.1, 0.15) is 20.0 Å². The summed E-state index contributed by atoms with van der Waals surface area (Å²) in [5.74, 6) is 0. The summed E-state index contributed by atoms with van der Waals surface area (Å²) in [5.41, 5.74) is -6.07. The molecule has 10 nitrogen and oxygen atoms in total. The van der Waals surface area contributed by atoms with Gasteiger partial charge >= 0.3 is 5.51 Å². The van der Waals surface area contributed by atoms with E-state index >= 15 is 0 Å². The number of hydrogen-bond donors (Lipinski definition) is 1. The third-order valence-corrected chi connectivity index (χ3v) is 9.97. The van der Waals surface area contributed by atoms with Crippen molar-refractivity contribution in [3.8, 4) is 0 Å². The van der Waals surface area contributed by atoms with Crippen molar-refractivity contribution in [3.63, 3.8) is 0 Å². The van der Waals surface area contributed by atoms with E-state index < -0.39 is 39.3 Å². The van der Waals surface area contributed by atoms with E-state index in [4.69, 9.17) is 0 Å². The monoisotopic (exact) mass is 429 g/mol. The van der Waals surface area contributed by atoms with Crippen molar-refractivity contribution in [1.82, 2.24) is 18.6 Å². The molecule has 0 amide bonds. The summed E-state index contributed by atoms with van der Waals surface area (Å²) in [6, 6.07) is 0. The largest absolute Gasteiger partial charge is 0.470 e. The van der Waals surface area contributed by atoms with Crippen LogP contribution in [0.5, 0.6) is 0 Å². The summed E-state index contributed by atoms with van der Waals surface area (Å²) in [7, 11) is -14.5. The maximum Gasteiger partial charge on any atom is 0.470 e. The van der Waals surface area contributed by atoms with Gasteiger partial charge in [-0.2, -0.15) is 13.2 Å². The summed E-state index contributed by atoms with van der Waals surface area (Å²) < 4.78 is 104. The molecule has 25 heavy (non-hydrogen) atoms. The molecule has 0 saturated carbocycles. The lowest BCUT2D eigenvalue weighted by Crippen LogP contribution is -2.46. The van der Waals surface area contributed by atoms with Gasteiger partial charge in [0.15, 0.2) is 9.84 Å². The van der Waals surface area contributed by atoms with Gasteiger partial charge in [0.25, 0.3) is 0 Å². The molecule has 0 aromatic carbocycles. The quantitative estimate of drug-likeness (QED) is 0.626. The van der Waals surface area contributed by atoms with E-state index in [1.165, 1.54) is 0 Å². The summed E-state index contributed by atoms with van der Waals surface area (Å²) in [5, 5.41) is 0. The lowest BCUT2D eigenvalue weighted by Gasteiger charge is -2.34. The molecule has 0 atom stereocenters. The molecule has 0 spiro atoms. The first-order valence-corrected chi connectivity index (χ1v) is 10.3. The minimum Gasteiger partial charge on any atom is -0.351 e. The molecule has 148 valence electrons. The fourth-order valence-corrected chi connectivity index (χ4v) is 7.44. The fourth-order valence-electron chi connectivity index (χ4n) is 1.02. The second-order valence-electron chi connectivity index (χ2n) is 4.53. The average Bonchev–Trinajstić information content (AvgIpc) is 2.94. The second-order valence-corrected chi connectivity index (χ2v) is 11.4. The standard InChI is InChI=1S/C6H12F3N2O6S3.C3H4N2/c1-10(2)19(14,15)5(20(16,17)11(3)4)18(12,13)6(7,8)9;1-2-5-3-4-1/h1-4H3;1-3H,(H,4,5)/q-1;. The number of imidazole rings is 1. The number of aromatic amines is 1. The first-order valence-electron chi connectivity index (χ1n) is 5.96. The molecule has 0 radical (unpaired) electrons. The van der Waals surface area contributed by atoms with Crippen LogP contribution in [0.25, 0.3) is 0 Å². The Morgan fingerprint density at radius 3 is 1.48 bits per heavy atom. The van der Waals surface area contributed by atoms with Gasteiger partial charge in [-0.25, -0.2) is 30.4 Å². The Morgan fingerprint density at radius 1 is 0.920 bits per heavy atom. The van der Waals surface area contributed by atoms with Crippen molar-refractivity contribution < 1.29 is 38.4 Å². The maximum atomic E-state index is 12.5. The zero-order chi connectivity index (χ0) is 20.3. The Morgan fingerprint density at radius 2 is 1.32 bits per heavy atom. The van der Waals surface area contributed by atoms with Gasteiger partial charge in [0.2, 0.25) is 0 Å². The minimum absolute atomic E-state index is 0.0622. The van der Waals surface area contributed by atoms with Gasteiger partial charge in [-0.15, -0.1) is 0 Å². The molecule has 0 aliphatic heterocycles. The van der Waals surface area contributed by atoms with E-state index in [1.807, 2.05) is 0 Å². The molecule has 0 unspecified atom stereocenters. The topological polar surface area (TPSA) is 138 Å². The van der Waals surface area contributed by atoms with Crippen LogP contribution in [0, 0.1) is 3.91 Å². The van der Waals surface area contributed by atoms with Crippen LogP contribution >= 0.6 is 0 Å². The van der Waals surface area contributed by atoms with Crippen LogP contribution in [0.4, 0.5) is 13.2 Å². The van der Waals surface area contributed by atoms with Crippen LogP contribution in [0.2, 0.25) is 0 Å². The molecule has 0 fully saturated rings. The molecular weight excluding hydrogens is 413 g/mol. The predicted molar refractivity (Wildman–Crippen MR) is 82.0 cm³/mol. The lowest BCUT2D eigenvalue weighted by atomic mass is 11.0. The molecule has 1 aromatic heterocycles. The molecule has 0 aliphatic carbocycles. The summed E-state index contributed by atoms with van der Waals surface area (Å²) in [6.45, 7) is 0. The van der Waals surface area contributed by atoms with Crippen molar-refractivity contribution in [3.05, 3.63) is 22.6 Å². The van der Waals surface area contributed by atoms with Crippen LogP contribution in [0.15, 0.2) is 18.7 Å². The first kappa shape index (κ1) is 23.8. The second kappa shape index (κ2) is 7.98. The zero-order valence-corrected chi connectivity index (χ0v) is 15.8. The lowest BCUT2D eigenvalue weighted by molar-refractivity contribution is -0.0428. The molecule has 16 heteroatoms. The third-order valence-electron chi connectivity index (χ3n) is 2.31. The van der Waals surface area contributed by atoms with Gasteiger partial charge in [-0.1, -0.05) is 0 Å². The van der Waals surface area contributed by atoms with Gasteiger partial charge in [0, 0.05) is 12.4 Å². The van der Waals surface area contributed by atoms with Gasteiger partial charge in [0.05, 0.1) is 10.2 Å². The Labute approximate surface area is 143 Å². The van der Waals surface area contributed by atoms with Crippen LogP contribution in [0.1, 0.15) is 0 Å². The molecule has 1 heterocycles. The summed E-state index contributed by atoms with van der Waals surface area (Å²) in [6.07, 6.45) is 5.08. The first-order chi connectivity index (χ1) is 11.0. The Hall–Kier alpha value is -1.23. The van der Waals surface area contributed by atoms with Gasteiger partial charge in [-0.05, 0) is 28.2 Å². The normalized spacial score (nSPS) is 13.8. The number of H-pyrrole nitrogens is 1. The van der Waals surface area contributed by atoms with E-state index in [0.717, 1.165) is 0 Å². The highest BCUT2D eigenvalue weighted by Gasteiger charge is 2.52. The van der Waals surface area contributed by atoms with Crippen molar-refractivity contribution >= 4 is 29.9 Å². The number of nitrogens with zero attached hydrogens (tertiary/aromatic N) is 3. The number of rotatable bonds is 5. The van der Waals surface area contributed by atoms with E-state index in [9.17, 15) is 38.4 Å². The Balaban J connectivity index is 0.000000972. The number of alkyl halides is 3. The zero-order valence-electron chi connectivity index (χ0n) is 13.4. The van der Waals surface area contributed by atoms with Crippen LogP contribution in [-0.2, 0) is 29.9 Å². The molecular formula is C9H16F3N4O6S3-. The van der Waals surface area contributed by atoms with Crippen molar-refractivity contribution in [2.24, 2.45) is 0 Å². The number of aromatic nitrogens is 2. The summed E-state index contributed by atoms with van der Waals surface area (Å²) >= 11 is 0. The molecule has 0 saturated heterocycles. The fraction of sp³-hybridized carbons (Fsp3) is 0.556. The average molecular weight is 429 g/mol. The smallest absolute Gasteiger partial charge is 0.351 e. The van der Waals surface area contributed by atoms with E-state index in [0.29, 0.717) is 28.2 Å². The molecule has 0 bridgehead atoms. The number of sulfone groups is 1. The number of sulfonamides is 2. The van der Waals surface area contributed by atoms with Crippen molar-refractivity contribution in [2.75, 3.05) is 28.2 Å². The van der Waals surface area contributed by atoms with E-state index in [2.05, 4.69) is 9.97 Å². The number of halogens is 3. The van der Waals surface area contributed by atoms with Gasteiger partial charge < -0.3 is 4.98 Å². The molecule has 1 rings (SSSR count). The van der Waals surface area contributed by atoms with Crippen molar-refractivity contribution in [1.29, 1.82) is 0 Å². The minimum atomic E-state index is -6.59. The summed E-state index contributed by atoms with van der Waals surface area (Å²) in [4.78, 5) is 6.42. The van der Waals surface area contributed by atoms with E-state index in [1.54, 1.807) is 18.7 Å². The maximum absolute atomic E-state index is 12.5. The predicted octanol–water partition coefficient (Wildman–Crippen LogP) is -0.440. The number of hydrogen-bond acceptors (Lipinski definition) is 7. The highest BCUT2D eigenvalue weighted by atomic mass is 32.3. The van der Waals surface area contributed by atoms with Gasteiger partial charge in [-0.3, -0.25) is 8.42 Å². The van der Waals surface area contributed by atoms with Crippen LogP contribution in [-0.4, -0.2) is 77.5 Å². The third kappa shape index (κ3) is 5.37. The Kier molecular flexibility index (Phi) is 7.59. The number of nitrogens with one attached hydrogen (secondary N) is 1. The molecule has 1 N–H and O–H groups in total. The Bertz CT molecular complexity index is 790. The van der Waals surface area contributed by atoms with Crippen LogP contribution < -0.4 is 0 Å². The SMILES string of the molecule is CN(C)S(=O)(=O)[C-](S(=O)(=O)N(C)C)S(=O)(=O)C(F)(F)F.c1c[nH]cn1. The van der Waals surface area contributed by atoms with Crippen molar-refractivity contribution in [2.45, 2.75) is 5.51 Å². The van der Waals surface area contributed by atoms with E-state index in [-0.39, 0.29) is 8.61 Å². The highest BCUT2D eigenvalue weighted by molar-refractivity contribution is 8.27.